The zero-order valence-electron chi connectivity index (χ0n) is 20.1. The number of hydrogen-bond acceptors (Lipinski definition) is 4. The van der Waals surface area contributed by atoms with Gasteiger partial charge in [0.25, 0.3) is 0 Å². The molecule has 0 spiro atoms. The van der Waals surface area contributed by atoms with E-state index in [0.29, 0.717) is 23.8 Å². The van der Waals surface area contributed by atoms with Crippen LogP contribution in [0.25, 0.3) is 10.9 Å². The van der Waals surface area contributed by atoms with Gasteiger partial charge in [-0.15, -0.1) is 24.0 Å². The van der Waals surface area contributed by atoms with Crippen LogP contribution in [0.1, 0.15) is 23.6 Å². The summed E-state index contributed by atoms with van der Waals surface area (Å²) in [4.78, 5) is 8.10. The average Bonchev–Trinajstić information content (AvgIpc) is 3.20. The fourth-order valence-corrected chi connectivity index (χ4v) is 3.81. The first-order valence-corrected chi connectivity index (χ1v) is 11.0. The Labute approximate surface area is 213 Å². The van der Waals surface area contributed by atoms with Crippen molar-refractivity contribution >= 4 is 40.8 Å². The number of ether oxygens (including phenoxy) is 3. The van der Waals surface area contributed by atoms with Crippen LogP contribution in [0.15, 0.2) is 41.5 Å². The van der Waals surface area contributed by atoms with Gasteiger partial charge in [-0.3, -0.25) is 4.99 Å². The van der Waals surface area contributed by atoms with Gasteiger partial charge in [0.2, 0.25) is 5.75 Å². The summed E-state index contributed by atoms with van der Waals surface area (Å²) >= 11 is 0. The second-order valence-corrected chi connectivity index (χ2v) is 7.54. The molecule has 0 bridgehead atoms. The molecular weight excluding hydrogens is 531 g/mol. The van der Waals surface area contributed by atoms with Crippen molar-refractivity contribution in [3.05, 3.63) is 53.2 Å². The van der Waals surface area contributed by atoms with Gasteiger partial charge in [-0.05, 0) is 49.9 Å². The molecule has 8 heteroatoms. The molecule has 0 aliphatic rings. The number of aromatic amines is 1. The van der Waals surface area contributed by atoms with E-state index in [9.17, 15) is 0 Å². The Morgan fingerprint density at radius 1 is 0.939 bits per heavy atom. The van der Waals surface area contributed by atoms with Crippen LogP contribution in [-0.2, 0) is 12.8 Å². The molecule has 3 aromatic rings. The third kappa shape index (κ3) is 6.69. The number of H-pyrrole nitrogens is 1. The predicted octanol–water partition coefficient (Wildman–Crippen LogP) is 4.46. The second-order valence-electron chi connectivity index (χ2n) is 7.54. The molecule has 33 heavy (non-hydrogen) atoms. The highest BCUT2D eigenvalue weighted by molar-refractivity contribution is 14.0. The maximum atomic E-state index is 5.58. The highest BCUT2D eigenvalue weighted by atomic mass is 127. The Hall–Kier alpha value is -2.62. The molecule has 1 heterocycles. The lowest BCUT2D eigenvalue weighted by molar-refractivity contribution is 0.322. The molecule has 7 nitrogen and oxygen atoms in total. The summed E-state index contributed by atoms with van der Waals surface area (Å²) in [6, 6.07) is 10.4. The van der Waals surface area contributed by atoms with E-state index in [0.717, 1.165) is 37.5 Å². The second kappa shape index (κ2) is 13.2. The van der Waals surface area contributed by atoms with Gasteiger partial charge in [0, 0.05) is 42.3 Å². The Morgan fingerprint density at radius 3 is 2.42 bits per heavy atom. The van der Waals surface area contributed by atoms with Crippen LogP contribution in [0.5, 0.6) is 17.2 Å². The summed E-state index contributed by atoms with van der Waals surface area (Å²) < 4.78 is 16.4. The Kier molecular flexibility index (Phi) is 10.6. The number of nitrogens with zero attached hydrogens (tertiary/aromatic N) is 1. The van der Waals surface area contributed by atoms with Crippen LogP contribution in [0.3, 0.4) is 0 Å². The van der Waals surface area contributed by atoms with Crippen molar-refractivity contribution in [1.82, 2.24) is 15.6 Å². The lowest BCUT2D eigenvalue weighted by Gasteiger charge is -2.15. The zero-order valence-corrected chi connectivity index (χ0v) is 22.4. The van der Waals surface area contributed by atoms with Crippen LogP contribution < -0.4 is 24.8 Å². The third-order valence-corrected chi connectivity index (χ3v) is 5.39. The maximum absolute atomic E-state index is 5.58. The fourth-order valence-electron chi connectivity index (χ4n) is 3.81. The Balaban J connectivity index is 0.00000385. The summed E-state index contributed by atoms with van der Waals surface area (Å²) in [6.07, 6.45) is 3.73. The monoisotopic (exact) mass is 566 g/mol. The number of fused-ring (bicyclic) bond motifs is 1. The smallest absolute Gasteiger partial charge is 0.203 e. The van der Waals surface area contributed by atoms with Gasteiger partial charge >= 0.3 is 0 Å². The van der Waals surface area contributed by atoms with Crippen molar-refractivity contribution in [3.8, 4) is 17.2 Å². The lowest BCUT2D eigenvalue weighted by atomic mass is 10.1. The van der Waals surface area contributed by atoms with E-state index < -0.39 is 0 Å². The van der Waals surface area contributed by atoms with E-state index in [-0.39, 0.29) is 24.0 Å². The van der Waals surface area contributed by atoms with E-state index in [1.807, 2.05) is 12.1 Å². The van der Waals surface area contributed by atoms with Gasteiger partial charge in [0.05, 0.1) is 21.3 Å². The van der Waals surface area contributed by atoms with Gasteiger partial charge in [0.15, 0.2) is 17.5 Å². The molecule has 0 atom stereocenters. The number of aliphatic imine (C=N–C) groups is 1. The van der Waals surface area contributed by atoms with E-state index in [2.05, 4.69) is 53.9 Å². The maximum Gasteiger partial charge on any atom is 0.203 e. The minimum absolute atomic E-state index is 0. The van der Waals surface area contributed by atoms with Crippen LogP contribution >= 0.6 is 24.0 Å². The first kappa shape index (κ1) is 26.6. The number of benzene rings is 2. The van der Waals surface area contributed by atoms with Gasteiger partial charge in [-0.2, -0.15) is 0 Å². The molecule has 0 aliphatic heterocycles. The van der Waals surface area contributed by atoms with Gasteiger partial charge in [0.1, 0.15) is 0 Å². The third-order valence-electron chi connectivity index (χ3n) is 5.39. The van der Waals surface area contributed by atoms with Crippen LogP contribution in [-0.4, -0.2) is 51.9 Å². The molecule has 3 rings (SSSR count). The molecule has 0 unspecified atom stereocenters. The van der Waals surface area contributed by atoms with Crippen molar-refractivity contribution in [2.24, 2.45) is 4.99 Å². The number of hydrogen-bond donors (Lipinski definition) is 3. The van der Waals surface area contributed by atoms with E-state index >= 15 is 0 Å². The summed E-state index contributed by atoms with van der Waals surface area (Å²) in [5, 5.41) is 8.04. The SMILES string of the molecule is CCNC(=NCCc1ccc(OC)c(OC)c1OC)NCCc1c[nH]c2cc(C)ccc12.I. The van der Waals surface area contributed by atoms with Crippen molar-refractivity contribution < 1.29 is 14.2 Å². The van der Waals surface area contributed by atoms with Crippen LogP contribution in [0, 0.1) is 6.92 Å². The zero-order chi connectivity index (χ0) is 22.9. The summed E-state index contributed by atoms with van der Waals surface area (Å²) in [5.41, 5.74) is 4.78. The topological polar surface area (TPSA) is 79.9 Å². The molecule has 0 saturated heterocycles. The number of aromatic nitrogens is 1. The molecule has 0 fully saturated rings. The van der Waals surface area contributed by atoms with Gasteiger partial charge < -0.3 is 29.8 Å². The van der Waals surface area contributed by atoms with Crippen molar-refractivity contribution in [2.75, 3.05) is 41.0 Å². The van der Waals surface area contributed by atoms with E-state index in [1.54, 1.807) is 21.3 Å². The molecule has 0 radical (unpaired) electrons. The largest absolute Gasteiger partial charge is 0.493 e. The molecule has 0 amide bonds. The first-order valence-electron chi connectivity index (χ1n) is 11.0. The Bertz CT molecular complexity index is 1070. The number of methoxy groups -OCH3 is 3. The molecule has 3 N–H and O–H groups in total. The number of nitrogens with one attached hydrogen (secondary N) is 3. The molecule has 180 valence electrons. The standard InChI is InChI=1S/C25H34N4O3.HI/c1-6-26-25(28-14-12-19-16-29-21-15-17(2)7-9-20(19)21)27-13-11-18-8-10-22(30-3)24(32-5)23(18)31-4;/h7-10,15-16,29H,6,11-14H2,1-5H3,(H2,26,27,28);1H. The molecule has 1 aromatic heterocycles. The van der Waals surface area contributed by atoms with Crippen molar-refractivity contribution in [1.29, 1.82) is 0 Å². The number of guanidine groups is 1. The van der Waals surface area contributed by atoms with Gasteiger partial charge in [-0.25, -0.2) is 0 Å². The van der Waals surface area contributed by atoms with Crippen LogP contribution in [0.4, 0.5) is 0 Å². The minimum atomic E-state index is 0. The summed E-state index contributed by atoms with van der Waals surface area (Å²) in [7, 11) is 4.87. The van der Waals surface area contributed by atoms with Crippen LogP contribution in [0.2, 0.25) is 0 Å². The van der Waals surface area contributed by atoms with Crippen molar-refractivity contribution in [3.63, 3.8) is 0 Å². The molecule has 2 aromatic carbocycles. The number of rotatable bonds is 10. The minimum Gasteiger partial charge on any atom is -0.493 e. The summed E-state index contributed by atoms with van der Waals surface area (Å²) in [5.74, 6) is 2.76. The fraction of sp³-hybridized carbons (Fsp3) is 0.400. The molecule has 0 aliphatic carbocycles. The number of halogens is 1. The quantitative estimate of drug-likeness (QED) is 0.192. The van der Waals surface area contributed by atoms with Crippen molar-refractivity contribution in [2.45, 2.75) is 26.7 Å². The average molecular weight is 566 g/mol. The predicted molar refractivity (Wildman–Crippen MR) is 146 cm³/mol. The number of aryl methyl sites for hydroxylation is 1. The van der Waals surface area contributed by atoms with Gasteiger partial charge in [-0.1, -0.05) is 18.2 Å². The molecule has 0 saturated carbocycles. The first-order chi connectivity index (χ1) is 15.6. The Morgan fingerprint density at radius 2 is 1.73 bits per heavy atom. The lowest BCUT2D eigenvalue weighted by Crippen LogP contribution is -2.38. The molecular formula is C25H35IN4O3. The normalized spacial score (nSPS) is 11.1. The van der Waals surface area contributed by atoms with E-state index in [4.69, 9.17) is 19.2 Å². The highest BCUT2D eigenvalue weighted by Crippen LogP contribution is 2.39. The summed E-state index contributed by atoms with van der Waals surface area (Å²) in [6.45, 7) is 6.40. The van der Waals surface area contributed by atoms with E-state index in [1.165, 1.54) is 22.0 Å². The highest BCUT2D eigenvalue weighted by Gasteiger charge is 2.15.